The molecule has 0 spiro atoms. The summed E-state index contributed by atoms with van der Waals surface area (Å²) in [6.45, 7) is 3.38. The molecule has 0 N–H and O–H groups in total. The molecule has 2 aromatic rings. The Kier molecular flexibility index (Phi) is 2.99. The van der Waals surface area contributed by atoms with Gasteiger partial charge in [-0.15, -0.1) is 0 Å². The minimum atomic E-state index is 0.780. The molecule has 4 heteroatoms. The maximum Gasteiger partial charge on any atom is 0.137 e. The third-order valence-corrected chi connectivity index (χ3v) is 3.69. The van der Waals surface area contributed by atoms with Crippen LogP contribution in [0.2, 0.25) is 0 Å². The van der Waals surface area contributed by atoms with Crippen molar-refractivity contribution in [3.8, 4) is 0 Å². The van der Waals surface area contributed by atoms with E-state index in [1.807, 2.05) is 12.3 Å². The third kappa shape index (κ3) is 2.03. The Morgan fingerprint density at radius 2 is 2.00 bits per heavy atom. The van der Waals surface area contributed by atoms with Crippen molar-refractivity contribution in [3.63, 3.8) is 0 Å². The first-order valence-electron chi connectivity index (χ1n) is 5.72. The van der Waals surface area contributed by atoms with Crippen LogP contribution in [0.3, 0.4) is 0 Å². The average Bonchev–Trinajstić information content (AvgIpc) is 2.39. The van der Waals surface area contributed by atoms with Crippen molar-refractivity contribution in [1.29, 1.82) is 0 Å². The Morgan fingerprint density at radius 1 is 1.18 bits per heavy atom. The standard InChI is InChI=1S/C13H13BrN2O/c14-11-3-1-2-10-4-5-15-13(12(10)11)16-6-8-17-9-7-16/h1-5H,6-9H2. The zero-order valence-electron chi connectivity index (χ0n) is 9.40. The summed E-state index contributed by atoms with van der Waals surface area (Å²) >= 11 is 3.62. The van der Waals surface area contributed by atoms with Gasteiger partial charge in [-0.2, -0.15) is 0 Å². The molecular weight excluding hydrogens is 280 g/mol. The lowest BCUT2D eigenvalue weighted by molar-refractivity contribution is 0.122. The van der Waals surface area contributed by atoms with Gasteiger partial charge in [0.15, 0.2) is 0 Å². The highest BCUT2D eigenvalue weighted by molar-refractivity contribution is 9.10. The molecule has 0 atom stereocenters. The number of nitrogens with zero attached hydrogens (tertiary/aromatic N) is 2. The molecule has 0 bridgehead atoms. The summed E-state index contributed by atoms with van der Waals surface area (Å²) in [7, 11) is 0. The van der Waals surface area contributed by atoms with Crippen molar-refractivity contribution < 1.29 is 4.74 Å². The van der Waals surface area contributed by atoms with Gasteiger partial charge in [-0.3, -0.25) is 0 Å². The van der Waals surface area contributed by atoms with Crippen molar-refractivity contribution in [3.05, 3.63) is 34.9 Å². The fourth-order valence-electron chi connectivity index (χ4n) is 2.18. The van der Waals surface area contributed by atoms with Gasteiger partial charge >= 0.3 is 0 Å². The van der Waals surface area contributed by atoms with Gasteiger partial charge in [0.1, 0.15) is 5.82 Å². The van der Waals surface area contributed by atoms with E-state index in [0.717, 1.165) is 36.6 Å². The van der Waals surface area contributed by atoms with Crippen LogP contribution in [0.25, 0.3) is 10.8 Å². The lowest BCUT2D eigenvalue weighted by Gasteiger charge is -2.28. The maximum atomic E-state index is 5.38. The van der Waals surface area contributed by atoms with Crippen LogP contribution in [0.5, 0.6) is 0 Å². The Balaban J connectivity index is 2.14. The van der Waals surface area contributed by atoms with Crippen LogP contribution in [0.1, 0.15) is 0 Å². The zero-order valence-corrected chi connectivity index (χ0v) is 11.0. The van der Waals surface area contributed by atoms with Crippen molar-refractivity contribution >= 4 is 32.5 Å². The van der Waals surface area contributed by atoms with E-state index in [9.17, 15) is 0 Å². The van der Waals surface area contributed by atoms with Gasteiger partial charge in [-0.1, -0.05) is 28.1 Å². The number of anilines is 1. The van der Waals surface area contributed by atoms with Gasteiger partial charge in [0.25, 0.3) is 0 Å². The average molecular weight is 293 g/mol. The zero-order chi connectivity index (χ0) is 11.7. The molecule has 17 heavy (non-hydrogen) atoms. The molecule has 0 unspecified atom stereocenters. The number of hydrogen-bond acceptors (Lipinski definition) is 3. The normalized spacial score (nSPS) is 16.4. The van der Waals surface area contributed by atoms with E-state index in [4.69, 9.17) is 4.74 Å². The van der Waals surface area contributed by atoms with Gasteiger partial charge in [0.05, 0.1) is 13.2 Å². The van der Waals surface area contributed by atoms with Crippen molar-refractivity contribution in [1.82, 2.24) is 4.98 Å². The number of pyridine rings is 1. The third-order valence-electron chi connectivity index (χ3n) is 3.03. The Labute approximate surface area is 109 Å². The Hall–Kier alpha value is -1.13. The number of ether oxygens (including phenoxy) is 1. The van der Waals surface area contributed by atoms with Gasteiger partial charge in [-0.05, 0) is 17.5 Å². The second-order valence-corrected chi connectivity index (χ2v) is 4.93. The van der Waals surface area contributed by atoms with E-state index in [1.54, 1.807) is 0 Å². The highest BCUT2D eigenvalue weighted by atomic mass is 79.9. The fraction of sp³-hybridized carbons (Fsp3) is 0.308. The molecule has 1 aliphatic rings. The molecule has 0 saturated carbocycles. The molecule has 3 nitrogen and oxygen atoms in total. The smallest absolute Gasteiger partial charge is 0.137 e. The first-order valence-corrected chi connectivity index (χ1v) is 6.51. The summed E-state index contributed by atoms with van der Waals surface area (Å²) in [5.74, 6) is 1.05. The van der Waals surface area contributed by atoms with E-state index in [1.165, 1.54) is 10.8 Å². The van der Waals surface area contributed by atoms with Gasteiger partial charge in [0, 0.05) is 29.1 Å². The first-order chi connectivity index (χ1) is 8.36. The minimum Gasteiger partial charge on any atom is -0.378 e. The summed E-state index contributed by atoms with van der Waals surface area (Å²) in [5, 5.41) is 2.41. The summed E-state index contributed by atoms with van der Waals surface area (Å²) in [4.78, 5) is 6.82. The Bertz CT molecular complexity index is 533. The molecule has 1 aromatic carbocycles. The summed E-state index contributed by atoms with van der Waals surface area (Å²) in [5.41, 5.74) is 0. The Morgan fingerprint density at radius 3 is 2.82 bits per heavy atom. The van der Waals surface area contributed by atoms with Gasteiger partial charge < -0.3 is 9.64 Å². The predicted octanol–water partition coefficient (Wildman–Crippen LogP) is 2.83. The van der Waals surface area contributed by atoms with Crippen LogP contribution < -0.4 is 4.90 Å². The second-order valence-electron chi connectivity index (χ2n) is 4.07. The highest BCUT2D eigenvalue weighted by Crippen LogP contribution is 2.31. The molecule has 88 valence electrons. The number of rotatable bonds is 1. The van der Waals surface area contributed by atoms with E-state index in [0.29, 0.717) is 0 Å². The highest BCUT2D eigenvalue weighted by Gasteiger charge is 2.16. The van der Waals surface area contributed by atoms with Crippen molar-refractivity contribution in [2.75, 3.05) is 31.2 Å². The molecule has 1 saturated heterocycles. The van der Waals surface area contributed by atoms with Crippen LogP contribution >= 0.6 is 15.9 Å². The molecule has 0 aliphatic carbocycles. The van der Waals surface area contributed by atoms with Gasteiger partial charge in [0.2, 0.25) is 0 Å². The topological polar surface area (TPSA) is 25.4 Å². The number of halogens is 1. The molecule has 2 heterocycles. The van der Waals surface area contributed by atoms with Crippen molar-refractivity contribution in [2.45, 2.75) is 0 Å². The molecule has 0 radical (unpaired) electrons. The van der Waals surface area contributed by atoms with Crippen molar-refractivity contribution in [2.24, 2.45) is 0 Å². The van der Waals surface area contributed by atoms with E-state index in [2.05, 4.69) is 44.0 Å². The first kappa shape index (κ1) is 11.0. The lowest BCUT2D eigenvalue weighted by Crippen LogP contribution is -2.36. The lowest BCUT2D eigenvalue weighted by atomic mass is 10.1. The molecule has 1 aromatic heterocycles. The number of benzene rings is 1. The van der Waals surface area contributed by atoms with E-state index >= 15 is 0 Å². The monoisotopic (exact) mass is 292 g/mol. The molecular formula is C13H13BrN2O. The van der Waals surface area contributed by atoms with Crippen LogP contribution in [0.15, 0.2) is 34.9 Å². The van der Waals surface area contributed by atoms with Crippen LogP contribution in [0.4, 0.5) is 5.82 Å². The van der Waals surface area contributed by atoms with E-state index < -0.39 is 0 Å². The fourth-order valence-corrected chi connectivity index (χ4v) is 2.74. The van der Waals surface area contributed by atoms with Crippen LogP contribution in [-0.2, 0) is 4.74 Å². The second kappa shape index (κ2) is 4.63. The SMILES string of the molecule is Brc1cccc2ccnc(N3CCOCC3)c12. The molecule has 0 amide bonds. The quantitative estimate of drug-likeness (QED) is 0.808. The number of fused-ring (bicyclic) bond motifs is 1. The number of morpholine rings is 1. The van der Waals surface area contributed by atoms with Crippen LogP contribution in [0, 0.1) is 0 Å². The largest absolute Gasteiger partial charge is 0.378 e. The van der Waals surface area contributed by atoms with E-state index in [-0.39, 0.29) is 0 Å². The molecule has 3 rings (SSSR count). The predicted molar refractivity (Wildman–Crippen MR) is 72.5 cm³/mol. The maximum absolute atomic E-state index is 5.38. The van der Waals surface area contributed by atoms with Gasteiger partial charge in [-0.25, -0.2) is 4.98 Å². The number of hydrogen-bond donors (Lipinski definition) is 0. The molecule has 1 fully saturated rings. The minimum absolute atomic E-state index is 0.780. The summed E-state index contributed by atoms with van der Waals surface area (Å²) in [6, 6.07) is 8.28. The summed E-state index contributed by atoms with van der Waals surface area (Å²) in [6.07, 6.45) is 1.87. The number of aromatic nitrogens is 1. The summed E-state index contributed by atoms with van der Waals surface area (Å²) < 4.78 is 6.48. The molecule has 1 aliphatic heterocycles. The van der Waals surface area contributed by atoms with Crippen LogP contribution in [-0.4, -0.2) is 31.3 Å².